The molecule has 0 N–H and O–H groups in total. The van der Waals surface area contributed by atoms with Gasteiger partial charge in [-0.1, -0.05) is 48.5 Å². The smallest absolute Gasteiger partial charge is 0.266 e. The molecule has 0 radical (unpaired) electrons. The lowest BCUT2D eigenvalue weighted by Gasteiger charge is -2.33. The third kappa shape index (κ3) is 5.30. The lowest BCUT2D eigenvalue weighted by atomic mass is 10.1. The molecular weight excluding hydrogens is 482 g/mol. The van der Waals surface area contributed by atoms with Gasteiger partial charge in [-0.3, -0.25) is 14.2 Å². The van der Waals surface area contributed by atoms with Crippen molar-refractivity contribution in [3.05, 3.63) is 63.9 Å². The molecule has 2 atom stereocenters. The number of rotatable bonds is 7. The molecule has 1 amide bonds. The van der Waals surface area contributed by atoms with Gasteiger partial charge in [0, 0.05) is 12.1 Å². The lowest BCUT2D eigenvalue weighted by molar-refractivity contribution is -0.132. The molecule has 0 spiro atoms. The van der Waals surface area contributed by atoms with Crippen LogP contribution in [0, 0.1) is 13.8 Å². The molecule has 0 unspecified atom stereocenters. The molecule has 186 valence electrons. The third-order valence-corrected chi connectivity index (χ3v) is 9.29. The highest BCUT2D eigenvalue weighted by Crippen LogP contribution is 2.26. The first-order valence-corrected chi connectivity index (χ1v) is 14.7. The van der Waals surface area contributed by atoms with Crippen LogP contribution in [-0.2, 0) is 14.6 Å². The summed E-state index contributed by atoms with van der Waals surface area (Å²) >= 11 is 1.22. The molecular formula is C26H31N3O4S2. The van der Waals surface area contributed by atoms with Crippen LogP contribution >= 0.6 is 11.8 Å². The van der Waals surface area contributed by atoms with Gasteiger partial charge >= 0.3 is 0 Å². The number of sulfone groups is 1. The van der Waals surface area contributed by atoms with Crippen LogP contribution in [0.1, 0.15) is 37.8 Å². The highest BCUT2D eigenvalue weighted by molar-refractivity contribution is 7.99. The number of para-hydroxylation sites is 1. The maximum absolute atomic E-state index is 13.5. The van der Waals surface area contributed by atoms with Crippen LogP contribution in [0.3, 0.4) is 0 Å². The van der Waals surface area contributed by atoms with Gasteiger partial charge in [0.05, 0.1) is 33.8 Å². The van der Waals surface area contributed by atoms with Crippen LogP contribution < -0.4 is 5.56 Å². The Labute approximate surface area is 210 Å². The number of aryl methyl sites for hydroxylation is 2. The monoisotopic (exact) mass is 513 g/mol. The minimum absolute atomic E-state index is 0.00917. The van der Waals surface area contributed by atoms with E-state index in [1.807, 2.05) is 58.0 Å². The lowest BCUT2D eigenvalue weighted by Crippen LogP contribution is -2.47. The largest absolute Gasteiger partial charge is 0.335 e. The molecule has 9 heteroatoms. The molecule has 2 heterocycles. The average Bonchev–Trinajstić information content (AvgIpc) is 3.17. The van der Waals surface area contributed by atoms with Crippen molar-refractivity contribution in [2.45, 2.75) is 57.8 Å². The van der Waals surface area contributed by atoms with Crippen molar-refractivity contribution in [2.24, 2.45) is 0 Å². The van der Waals surface area contributed by atoms with Crippen LogP contribution in [0.15, 0.2) is 52.4 Å². The number of fused-ring (bicyclic) bond motifs is 1. The van der Waals surface area contributed by atoms with Crippen molar-refractivity contribution >= 4 is 38.4 Å². The van der Waals surface area contributed by atoms with E-state index in [0.29, 0.717) is 22.5 Å². The predicted molar refractivity (Wildman–Crippen MR) is 141 cm³/mol. The standard InChI is InChI=1S/C26H31N3O4S2/c1-5-19(4)28(20-12-13-35(32,33)16-20)24(30)15-34-26-27-22-9-7-6-8-21(22)25(31)29(26)23-11-10-17(2)14-18(23)3/h6-11,14,19-20H,5,12-13,15-16H2,1-4H3/t19-,20+/m1/s1. The van der Waals surface area contributed by atoms with E-state index >= 15 is 0 Å². The Kier molecular flexibility index (Phi) is 7.38. The van der Waals surface area contributed by atoms with Crippen molar-refractivity contribution in [2.75, 3.05) is 17.3 Å². The van der Waals surface area contributed by atoms with Crippen molar-refractivity contribution in [1.82, 2.24) is 14.5 Å². The summed E-state index contributed by atoms with van der Waals surface area (Å²) < 4.78 is 25.8. The van der Waals surface area contributed by atoms with E-state index in [0.717, 1.165) is 23.2 Å². The summed E-state index contributed by atoms with van der Waals surface area (Å²) in [6, 6.07) is 12.7. The summed E-state index contributed by atoms with van der Waals surface area (Å²) in [5.41, 5.74) is 3.16. The van der Waals surface area contributed by atoms with Gasteiger partial charge in [0.2, 0.25) is 5.91 Å². The molecule has 0 saturated carbocycles. The van der Waals surface area contributed by atoms with Gasteiger partial charge in [-0.05, 0) is 57.4 Å². The van der Waals surface area contributed by atoms with E-state index < -0.39 is 9.84 Å². The quantitative estimate of drug-likeness (QED) is 0.352. The minimum Gasteiger partial charge on any atom is -0.335 e. The molecule has 0 bridgehead atoms. The van der Waals surface area contributed by atoms with Gasteiger partial charge in [0.1, 0.15) is 0 Å². The normalized spacial score (nSPS) is 18.0. The van der Waals surface area contributed by atoms with E-state index in [2.05, 4.69) is 0 Å². The topological polar surface area (TPSA) is 89.3 Å². The molecule has 1 aliphatic rings. The third-order valence-electron chi connectivity index (χ3n) is 6.62. The average molecular weight is 514 g/mol. The summed E-state index contributed by atoms with van der Waals surface area (Å²) in [7, 11) is -3.12. The number of hydrogen-bond acceptors (Lipinski definition) is 6. The Morgan fingerprint density at radius 1 is 1.23 bits per heavy atom. The van der Waals surface area contributed by atoms with Crippen LogP contribution in [-0.4, -0.2) is 58.1 Å². The molecule has 4 rings (SSSR count). The minimum atomic E-state index is -3.12. The van der Waals surface area contributed by atoms with E-state index in [4.69, 9.17) is 4.98 Å². The highest BCUT2D eigenvalue weighted by Gasteiger charge is 2.36. The fourth-order valence-corrected chi connectivity index (χ4v) is 7.27. The molecule has 0 aliphatic carbocycles. The van der Waals surface area contributed by atoms with Crippen LogP contribution in [0.5, 0.6) is 0 Å². The van der Waals surface area contributed by atoms with Crippen molar-refractivity contribution in [3.8, 4) is 5.69 Å². The summed E-state index contributed by atoms with van der Waals surface area (Å²) in [4.78, 5) is 33.5. The SMILES string of the molecule is CC[C@@H](C)N(C(=O)CSc1nc2ccccc2c(=O)n1-c1ccc(C)cc1C)[C@H]1CCS(=O)(=O)C1. The number of carbonyl (C=O) groups is 1. The molecule has 1 aromatic heterocycles. The molecule has 2 aromatic carbocycles. The first-order valence-electron chi connectivity index (χ1n) is 11.8. The van der Waals surface area contributed by atoms with Crippen molar-refractivity contribution in [1.29, 1.82) is 0 Å². The Bertz CT molecular complexity index is 1430. The maximum Gasteiger partial charge on any atom is 0.266 e. The molecule has 1 aliphatic heterocycles. The van der Waals surface area contributed by atoms with Crippen LogP contribution in [0.4, 0.5) is 0 Å². The second-order valence-electron chi connectivity index (χ2n) is 9.25. The molecule has 3 aromatic rings. The summed E-state index contributed by atoms with van der Waals surface area (Å²) in [5.74, 6) is 0.0519. The van der Waals surface area contributed by atoms with Gasteiger partial charge in [0.25, 0.3) is 5.56 Å². The van der Waals surface area contributed by atoms with Crippen LogP contribution in [0.2, 0.25) is 0 Å². The number of aromatic nitrogens is 2. The zero-order valence-corrected chi connectivity index (χ0v) is 22.2. The number of carbonyl (C=O) groups excluding carboxylic acids is 1. The molecule has 7 nitrogen and oxygen atoms in total. The Balaban J connectivity index is 1.71. The Morgan fingerprint density at radius 3 is 2.63 bits per heavy atom. The van der Waals surface area contributed by atoms with Gasteiger partial charge in [-0.15, -0.1) is 0 Å². The Hall–Kier alpha value is -2.65. The fraction of sp³-hybridized carbons (Fsp3) is 0.423. The first-order chi connectivity index (χ1) is 16.6. The van der Waals surface area contributed by atoms with Gasteiger partial charge < -0.3 is 4.90 Å². The Morgan fingerprint density at radius 2 is 1.97 bits per heavy atom. The van der Waals surface area contributed by atoms with Crippen LogP contribution in [0.25, 0.3) is 16.6 Å². The van der Waals surface area contributed by atoms with Crippen molar-refractivity contribution < 1.29 is 13.2 Å². The van der Waals surface area contributed by atoms with E-state index in [9.17, 15) is 18.0 Å². The number of amides is 1. The van der Waals surface area contributed by atoms with Crippen molar-refractivity contribution in [3.63, 3.8) is 0 Å². The fourth-order valence-electron chi connectivity index (χ4n) is 4.68. The second-order valence-corrected chi connectivity index (χ2v) is 12.4. The number of nitrogens with zero attached hydrogens (tertiary/aromatic N) is 3. The van der Waals surface area contributed by atoms with E-state index in [1.54, 1.807) is 21.6 Å². The van der Waals surface area contributed by atoms with E-state index in [1.165, 1.54) is 11.8 Å². The summed E-state index contributed by atoms with van der Waals surface area (Å²) in [5, 5.41) is 0.956. The summed E-state index contributed by atoms with van der Waals surface area (Å²) in [6.45, 7) is 7.89. The number of thioether (sulfide) groups is 1. The zero-order chi connectivity index (χ0) is 25.3. The van der Waals surface area contributed by atoms with Gasteiger partial charge in [-0.2, -0.15) is 0 Å². The predicted octanol–water partition coefficient (Wildman–Crippen LogP) is 3.91. The van der Waals surface area contributed by atoms with E-state index in [-0.39, 0.29) is 40.8 Å². The van der Waals surface area contributed by atoms with Gasteiger partial charge in [0.15, 0.2) is 15.0 Å². The number of hydrogen-bond donors (Lipinski definition) is 0. The second kappa shape index (κ2) is 10.1. The zero-order valence-electron chi connectivity index (χ0n) is 20.5. The van der Waals surface area contributed by atoms with Gasteiger partial charge in [-0.25, -0.2) is 13.4 Å². The molecule has 1 fully saturated rings. The number of benzene rings is 2. The molecule has 35 heavy (non-hydrogen) atoms. The summed E-state index contributed by atoms with van der Waals surface area (Å²) in [6.07, 6.45) is 1.19. The maximum atomic E-state index is 13.5. The first kappa shape index (κ1) is 25.4. The highest BCUT2D eigenvalue weighted by atomic mass is 32.2. The molecule has 1 saturated heterocycles.